The van der Waals surface area contributed by atoms with Crippen LogP contribution >= 0.6 is 0 Å². The SMILES string of the molecule is COC[C@H]1O[C@@H](O[C@H]2[C@H](O)[C@@H](NC(C)=O)[C@@H](O[C@@H]3[C@@H](O[C@@H]4[C@H](O)[C@@H](O[C@H]5[C@H](O)[C@@H](NC(C)=O)[C@@H](O[C@H]6[C@H](O)[C@@H](NC(C)=O)[C@H](O)O[C@@H]6CO)O[C@@H]5CO)O[C@H](CO[C@H]5O[C@H](CO)[C@@H](O)[C@H](O)[C@@H]5O)[C@H]4O)O[C@H](CO)[C@@H](O)[C@@H]3O)O[C@@H]2CO)[C@H](O)[C@@H](O)[C@H]1O. The second-order valence-corrected chi connectivity index (χ2v) is 22.1. The zero-order chi connectivity index (χ0) is 64.9. The summed E-state index contributed by atoms with van der Waals surface area (Å²) in [5, 5.41) is 215. The number of hydrogen-bond donors (Lipinski definition) is 22. The number of carbonyl (C=O) groups excluding carboxylic acids is 3. The van der Waals surface area contributed by atoms with Crippen molar-refractivity contribution in [2.75, 3.05) is 53.4 Å². The summed E-state index contributed by atoms with van der Waals surface area (Å²) in [5.41, 5.74) is 0. The second kappa shape index (κ2) is 31.8. The van der Waals surface area contributed by atoms with Crippen LogP contribution in [0.25, 0.3) is 0 Å². The number of rotatable bonds is 23. The highest BCUT2D eigenvalue weighted by molar-refractivity contribution is 5.74. The third kappa shape index (κ3) is 16.0. The summed E-state index contributed by atoms with van der Waals surface area (Å²) in [6, 6.07) is -5.22. The summed E-state index contributed by atoms with van der Waals surface area (Å²) in [4.78, 5) is 37.5. The Morgan fingerprint density at radius 3 is 1.12 bits per heavy atom. The van der Waals surface area contributed by atoms with Crippen LogP contribution in [-0.2, 0) is 80.7 Å². The molecular formula is C49H83N3O36. The molecule has 0 spiro atoms. The molecule has 39 heteroatoms. The van der Waals surface area contributed by atoms with Gasteiger partial charge in [-0.3, -0.25) is 14.4 Å². The van der Waals surface area contributed by atoms with E-state index in [4.69, 9.17) is 66.3 Å². The fourth-order valence-corrected chi connectivity index (χ4v) is 11.2. The van der Waals surface area contributed by atoms with Crippen LogP contribution in [0.15, 0.2) is 0 Å². The van der Waals surface area contributed by atoms with E-state index in [1.54, 1.807) is 0 Å². The first-order chi connectivity index (χ1) is 41.6. The molecule has 0 aromatic heterocycles. The van der Waals surface area contributed by atoms with Gasteiger partial charge in [0.05, 0.1) is 46.2 Å². The van der Waals surface area contributed by atoms with E-state index in [1.807, 2.05) is 0 Å². The quantitative estimate of drug-likeness (QED) is 0.0452. The number of carbonyl (C=O) groups is 3. The fraction of sp³-hybridized carbons (Fsp3) is 0.939. The van der Waals surface area contributed by atoms with Gasteiger partial charge in [0, 0.05) is 27.9 Å². The molecule has 0 aromatic rings. The fourth-order valence-electron chi connectivity index (χ4n) is 11.2. The van der Waals surface area contributed by atoms with Crippen molar-refractivity contribution in [3.05, 3.63) is 0 Å². The molecule has 0 aliphatic carbocycles. The first kappa shape index (κ1) is 72.5. The lowest BCUT2D eigenvalue weighted by Crippen LogP contribution is -2.71. The number of aliphatic hydroxyl groups is 19. The number of nitrogens with one attached hydrogen (secondary N) is 3. The van der Waals surface area contributed by atoms with Crippen LogP contribution in [0, 0.1) is 0 Å². The largest absolute Gasteiger partial charge is 0.394 e. The van der Waals surface area contributed by atoms with Gasteiger partial charge in [-0.05, 0) is 0 Å². The topological polar surface area (TPSA) is 601 Å². The Morgan fingerprint density at radius 2 is 0.659 bits per heavy atom. The Hall–Kier alpha value is -2.91. The molecule has 7 fully saturated rings. The highest BCUT2D eigenvalue weighted by Crippen LogP contribution is 2.38. The maximum absolute atomic E-state index is 12.8. The molecule has 7 rings (SSSR count). The van der Waals surface area contributed by atoms with E-state index in [-0.39, 0.29) is 6.61 Å². The zero-order valence-corrected chi connectivity index (χ0v) is 47.6. The van der Waals surface area contributed by atoms with Gasteiger partial charge in [-0.2, -0.15) is 0 Å². The Balaban J connectivity index is 1.19. The molecular weight excluding hydrogens is 1210 g/mol. The Bertz CT molecular complexity index is 2210. The molecule has 0 saturated carbocycles. The van der Waals surface area contributed by atoms with Gasteiger partial charge in [0.25, 0.3) is 0 Å². The third-order valence-electron chi connectivity index (χ3n) is 15.9. The highest BCUT2D eigenvalue weighted by Gasteiger charge is 2.59. The number of methoxy groups -OCH3 is 1. The minimum absolute atomic E-state index is 0.331. The number of aliphatic hydroxyl groups excluding tert-OH is 19. The molecule has 3 amide bonds. The molecule has 0 aromatic carbocycles. The van der Waals surface area contributed by atoms with Gasteiger partial charge in [-0.1, -0.05) is 0 Å². The molecule has 7 heterocycles. The lowest BCUT2D eigenvalue weighted by molar-refractivity contribution is -0.397. The highest BCUT2D eigenvalue weighted by atomic mass is 16.8. The molecule has 0 unspecified atom stereocenters. The van der Waals surface area contributed by atoms with E-state index in [0.29, 0.717) is 0 Å². The van der Waals surface area contributed by atoms with Gasteiger partial charge >= 0.3 is 0 Å². The van der Waals surface area contributed by atoms with Gasteiger partial charge in [0.2, 0.25) is 17.7 Å². The average Bonchev–Trinajstić information content (AvgIpc) is 1.97. The minimum atomic E-state index is -2.41. The first-order valence-corrected chi connectivity index (χ1v) is 28.0. The lowest BCUT2D eigenvalue weighted by Gasteiger charge is -2.51. The van der Waals surface area contributed by atoms with Crippen LogP contribution in [-0.4, -0.2) is 383 Å². The monoisotopic (exact) mass is 1290 g/mol. The van der Waals surface area contributed by atoms with Crippen molar-refractivity contribution in [2.45, 2.75) is 236 Å². The predicted octanol–water partition coefficient (Wildman–Crippen LogP) is -15.2. The number of ether oxygens (including phenoxy) is 14. The summed E-state index contributed by atoms with van der Waals surface area (Å²) in [6.07, 6.45) is -62.5. The van der Waals surface area contributed by atoms with E-state index in [0.717, 1.165) is 20.8 Å². The molecule has 510 valence electrons. The van der Waals surface area contributed by atoms with Gasteiger partial charge in [-0.15, -0.1) is 0 Å². The van der Waals surface area contributed by atoms with E-state index >= 15 is 0 Å². The van der Waals surface area contributed by atoms with Crippen LogP contribution in [0.4, 0.5) is 0 Å². The summed E-state index contributed by atoms with van der Waals surface area (Å²) in [5.74, 6) is -2.49. The van der Waals surface area contributed by atoms with Crippen molar-refractivity contribution in [1.29, 1.82) is 0 Å². The first-order valence-electron chi connectivity index (χ1n) is 28.0. The lowest BCUT2D eigenvalue weighted by atomic mass is 9.93. The van der Waals surface area contributed by atoms with Crippen molar-refractivity contribution in [3.8, 4) is 0 Å². The van der Waals surface area contributed by atoms with Crippen molar-refractivity contribution < 1.29 is 178 Å². The number of hydrogen-bond acceptors (Lipinski definition) is 36. The van der Waals surface area contributed by atoms with Crippen LogP contribution in [0.1, 0.15) is 20.8 Å². The van der Waals surface area contributed by atoms with Gasteiger partial charge in [0.1, 0.15) is 171 Å². The van der Waals surface area contributed by atoms with Gasteiger partial charge < -0.3 is 179 Å². The molecule has 22 N–H and O–H groups in total. The molecule has 88 heavy (non-hydrogen) atoms. The van der Waals surface area contributed by atoms with Crippen LogP contribution in [0.2, 0.25) is 0 Å². The molecule has 0 radical (unpaired) electrons. The van der Waals surface area contributed by atoms with Crippen molar-refractivity contribution in [2.24, 2.45) is 0 Å². The Labute approximate surface area is 499 Å². The van der Waals surface area contributed by atoms with Crippen molar-refractivity contribution in [1.82, 2.24) is 16.0 Å². The third-order valence-corrected chi connectivity index (χ3v) is 15.9. The van der Waals surface area contributed by atoms with E-state index in [1.165, 1.54) is 7.11 Å². The van der Waals surface area contributed by atoms with Crippen LogP contribution in [0.5, 0.6) is 0 Å². The molecule has 39 nitrogen and oxygen atoms in total. The van der Waals surface area contributed by atoms with Gasteiger partial charge in [0.15, 0.2) is 44.0 Å². The van der Waals surface area contributed by atoms with Crippen LogP contribution < -0.4 is 16.0 Å². The minimum Gasteiger partial charge on any atom is -0.394 e. The maximum Gasteiger partial charge on any atom is 0.217 e. The summed E-state index contributed by atoms with van der Waals surface area (Å²) in [6.45, 7) is -3.37. The van der Waals surface area contributed by atoms with Crippen LogP contribution in [0.3, 0.4) is 0 Å². The predicted molar refractivity (Wildman–Crippen MR) is 271 cm³/mol. The van der Waals surface area contributed by atoms with E-state index in [2.05, 4.69) is 16.0 Å². The number of amides is 3. The summed E-state index contributed by atoms with van der Waals surface area (Å²) in [7, 11) is 1.24. The normalized spacial score (nSPS) is 48.5. The smallest absolute Gasteiger partial charge is 0.217 e. The van der Waals surface area contributed by atoms with E-state index < -0.39 is 272 Å². The zero-order valence-electron chi connectivity index (χ0n) is 47.6. The van der Waals surface area contributed by atoms with Crippen molar-refractivity contribution >= 4 is 17.7 Å². The molecule has 0 bridgehead atoms. The second-order valence-electron chi connectivity index (χ2n) is 22.1. The van der Waals surface area contributed by atoms with Gasteiger partial charge in [-0.25, -0.2) is 0 Å². The Kier molecular flexibility index (Phi) is 26.2. The Morgan fingerprint density at radius 1 is 0.318 bits per heavy atom. The van der Waals surface area contributed by atoms with Crippen molar-refractivity contribution in [3.63, 3.8) is 0 Å². The molecule has 7 saturated heterocycles. The molecule has 7 aliphatic rings. The van der Waals surface area contributed by atoms with E-state index in [9.17, 15) is 111 Å². The maximum atomic E-state index is 12.8. The summed E-state index contributed by atoms with van der Waals surface area (Å²) >= 11 is 0. The molecule has 35 atom stereocenters. The standard InChI is InChI=1S/C49H83N3O36/c1-12(58)50-22-29(65)38(17(7-55)77-43(22)74)84-44-23(51-13(2)59)30(66)40(19(9-57)80-44)86-48-37(73)41(28(64)21(83-48)11-76-46-35(71)32(68)25(61)15(5-53)78-46)87-49-42(34(70)26(62)16(6-54)79-49)88-45-24(52-14(3)60)31(67)39(18(8-56)81-45)85-47-36(72)33(69)27(63)20(82-47)10-75-4/h15-49,53-57,61-74H,5-11H2,1-4H3,(H,50,58)(H,51,59)(H,52,60)/t15-,16-,17-,18-,19-,20-,21-,22-,23-,24-,25-,26-,27+,28-,29-,30-,31-,32+,33+,34+,35+,36-,37+,38-,39-,40-,41+,42+,43-,44-,45-,46+,47+,48-,49-/m1/s1. The average molecular weight is 1290 g/mol. The summed E-state index contributed by atoms with van der Waals surface area (Å²) < 4.78 is 81.1. The molecule has 7 aliphatic heterocycles.